The van der Waals surface area contributed by atoms with Gasteiger partial charge in [0.2, 0.25) is 0 Å². The maximum absolute atomic E-state index is 13.4. The zero-order valence-corrected chi connectivity index (χ0v) is 43.7. The molecular formula is C44H62AsKN6O5S2. The zero-order valence-electron chi connectivity index (χ0n) is 37.1. The summed E-state index contributed by atoms with van der Waals surface area (Å²) >= 11 is 3.66. The molecule has 0 aliphatic rings. The summed E-state index contributed by atoms with van der Waals surface area (Å²) in [4.78, 5) is 38.4. The molecule has 316 valence electrons. The third-order valence-electron chi connectivity index (χ3n) is 8.18. The average molecular weight is 933 g/mol. The van der Waals surface area contributed by atoms with Crippen LogP contribution in [0.2, 0.25) is 5.71 Å². The predicted molar refractivity (Wildman–Crippen MR) is 243 cm³/mol. The van der Waals surface area contributed by atoms with Crippen molar-refractivity contribution in [2.75, 3.05) is 26.4 Å². The second-order valence-electron chi connectivity index (χ2n) is 15.5. The zero-order chi connectivity index (χ0) is 42.9. The molecule has 0 radical (unpaired) electrons. The standard InChI is InChI=1S/C38H49AsN6O3S.C5H10O2.CH4S.K/c1-8-21-43(7)25-35-40-24-33(41-35)30-16-18-31(19-17-30)47-26-29-15-20-32-34(23-29)45(49-27-28-13-11-10-12-14-28)36(42-32)39(6)44(22-9-2)37(46)48-38(3,4)5;1-5(2,3)7-4-6;1-2;/h10-20,23-24H,8-9,21-22,25-27H2,1-7H3,(H,40,41);4H,1-3H3;2H,1H3;/q;;;+1/p-1. The SMILES string of the molecule is CC(C)(C)OC=O.CCCN(C)Cc1ncc(-c2ccc(OCc3ccc4nc([As](C)N(CCC)C(=O)OC(C)(C)C)n(SCc5ccccc5)c4c3)cc2)[nH]1.C[S-].[K+]. The fourth-order valence-electron chi connectivity index (χ4n) is 5.57. The Kier molecular flexibility index (Phi) is 23.5. The Morgan fingerprint density at radius 3 is 2.17 bits per heavy atom. The van der Waals surface area contributed by atoms with Crippen molar-refractivity contribution in [3.63, 3.8) is 0 Å². The molecule has 0 aliphatic heterocycles. The number of carbonyl (C=O) groups is 2. The van der Waals surface area contributed by atoms with E-state index in [2.05, 4.69) is 117 Å². The van der Waals surface area contributed by atoms with Crippen LogP contribution in [0.4, 0.5) is 4.79 Å². The van der Waals surface area contributed by atoms with E-state index in [-0.39, 0.29) is 63.1 Å². The minimum Gasteiger partial charge on any atom is -0.796 e. The molecule has 5 rings (SSSR count). The quantitative estimate of drug-likeness (QED) is 0.0704. The van der Waals surface area contributed by atoms with E-state index in [4.69, 9.17) is 14.5 Å². The molecule has 0 spiro atoms. The number of nitrogens with zero attached hydrogens (tertiary/aromatic N) is 5. The number of fused-ring (bicyclic) bond motifs is 1. The van der Waals surface area contributed by atoms with Crippen LogP contribution in [0.15, 0.2) is 79.0 Å². The number of hydrogen-bond donors (Lipinski definition) is 1. The molecule has 3 aromatic carbocycles. The van der Waals surface area contributed by atoms with Gasteiger partial charge in [-0.2, -0.15) is 6.26 Å². The Bertz CT molecular complexity index is 1980. The Morgan fingerprint density at radius 2 is 1.59 bits per heavy atom. The molecule has 1 N–H and O–H groups in total. The van der Waals surface area contributed by atoms with Crippen LogP contribution in [0.3, 0.4) is 0 Å². The van der Waals surface area contributed by atoms with E-state index < -0.39 is 20.5 Å². The molecular weight excluding hydrogens is 871 g/mol. The third-order valence-corrected chi connectivity index (χ3v) is 13.7. The summed E-state index contributed by atoms with van der Waals surface area (Å²) in [5.74, 6) is 2.54. The van der Waals surface area contributed by atoms with Gasteiger partial charge < -0.3 is 22.3 Å². The number of aromatic nitrogens is 4. The molecule has 0 saturated carbocycles. The van der Waals surface area contributed by atoms with Gasteiger partial charge in [-0.3, -0.25) is 9.69 Å². The molecule has 2 aromatic heterocycles. The Balaban J connectivity index is 0.00000109. The Hall–Kier alpha value is -2.27. The maximum Gasteiger partial charge on any atom is 1.00 e. The van der Waals surface area contributed by atoms with Crippen molar-refractivity contribution in [3.8, 4) is 17.0 Å². The Morgan fingerprint density at radius 1 is 0.932 bits per heavy atom. The van der Waals surface area contributed by atoms with Gasteiger partial charge in [-0.25, -0.2) is 4.98 Å². The first-order chi connectivity index (χ1) is 27.6. The number of benzene rings is 3. The summed E-state index contributed by atoms with van der Waals surface area (Å²) in [6.45, 7) is 18.8. The average Bonchev–Trinajstić information content (AvgIpc) is 3.80. The molecule has 5 aromatic rings. The number of rotatable bonds is 16. The van der Waals surface area contributed by atoms with Crippen LogP contribution < -0.4 is 60.7 Å². The van der Waals surface area contributed by atoms with E-state index in [1.165, 1.54) is 5.56 Å². The summed E-state index contributed by atoms with van der Waals surface area (Å²) in [6, 6.07) is 24.9. The van der Waals surface area contributed by atoms with Crippen LogP contribution in [0.25, 0.3) is 22.3 Å². The molecule has 15 heteroatoms. The number of nitrogens with one attached hydrogen (secondary N) is 1. The fourth-order valence-corrected chi connectivity index (χ4v) is 10.9. The molecule has 59 heavy (non-hydrogen) atoms. The van der Waals surface area contributed by atoms with Crippen LogP contribution in [0.1, 0.15) is 85.2 Å². The molecule has 1 unspecified atom stereocenters. The van der Waals surface area contributed by atoms with Crippen molar-refractivity contribution in [2.45, 2.75) is 104 Å². The fraction of sp³-hybridized carbons (Fsp3) is 0.455. The van der Waals surface area contributed by atoms with Crippen LogP contribution in [0.5, 0.6) is 5.75 Å². The number of aromatic amines is 1. The van der Waals surface area contributed by atoms with E-state index in [9.17, 15) is 9.59 Å². The summed E-state index contributed by atoms with van der Waals surface area (Å²) in [5, 5.41) is 0. The first-order valence-corrected chi connectivity index (χ1v) is 24.9. The van der Waals surface area contributed by atoms with Crippen LogP contribution in [-0.2, 0) is 45.8 Å². The maximum atomic E-state index is 13.4. The molecule has 2 heterocycles. The second-order valence-corrected chi connectivity index (χ2v) is 20.5. The number of amides is 1. The van der Waals surface area contributed by atoms with E-state index in [0.717, 1.165) is 75.7 Å². The molecule has 0 aliphatic carbocycles. The van der Waals surface area contributed by atoms with Crippen LogP contribution >= 0.6 is 11.9 Å². The molecule has 0 bridgehead atoms. The number of H-pyrrole nitrogens is 1. The minimum atomic E-state index is -2.14. The molecule has 1 atom stereocenters. The number of hydrogen-bond acceptors (Lipinski definition) is 10. The van der Waals surface area contributed by atoms with Crippen molar-refractivity contribution in [2.24, 2.45) is 0 Å². The summed E-state index contributed by atoms with van der Waals surface area (Å²) in [7, 11) is 2.11. The van der Waals surface area contributed by atoms with Crippen LogP contribution in [0, 0.1) is 0 Å². The van der Waals surface area contributed by atoms with E-state index in [1.54, 1.807) is 18.2 Å². The van der Waals surface area contributed by atoms with E-state index in [1.807, 2.05) is 69.8 Å². The topological polar surface area (TPSA) is 115 Å². The molecule has 11 nitrogen and oxygen atoms in total. The van der Waals surface area contributed by atoms with Gasteiger partial charge >= 0.3 is 292 Å². The third kappa shape index (κ3) is 17.9. The summed E-state index contributed by atoms with van der Waals surface area (Å²) in [5.41, 5.74) is 7.56. The smallest absolute Gasteiger partial charge is 0.796 e. The molecule has 1 amide bonds. The van der Waals surface area contributed by atoms with Gasteiger partial charge in [0.15, 0.2) is 0 Å². The van der Waals surface area contributed by atoms with Gasteiger partial charge in [-0.05, 0) is 40.8 Å². The summed E-state index contributed by atoms with van der Waals surface area (Å²) in [6.07, 6.45) is 5.17. The van der Waals surface area contributed by atoms with Crippen molar-refractivity contribution in [1.82, 2.24) is 27.6 Å². The first-order valence-electron chi connectivity index (χ1n) is 19.5. The van der Waals surface area contributed by atoms with Crippen molar-refractivity contribution >= 4 is 67.7 Å². The van der Waals surface area contributed by atoms with Gasteiger partial charge in [0.1, 0.15) is 11.4 Å². The van der Waals surface area contributed by atoms with E-state index >= 15 is 0 Å². The van der Waals surface area contributed by atoms with Gasteiger partial charge in [0.05, 0.1) is 12.7 Å². The predicted octanol–water partition coefficient (Wildman–Crippen LogP) is 6.14. The van der Waals surface area contributed by atoms with Crippen molar-refractivity contribution < 1.29 is 75.2 Å². The van der Waals surface area contributed by atoms with E-state index in [0.29, 0.717) is 19.6 Å². The van der Waals surface area contributed by atoms with Gasteiger partial charge in [-0.15, -0.1) is 0 Å². The Labute approximate surface area is 409 Å². The number of ether oxygens (including phenoxy) is 3. The number of imidazole rings is 2. The van der Waals surface area contributed by atoms with Crippen molar-refractivity contribution in [1.29, 1.82) is 0 Å². The minimum absolute atomic E-state index is 0. The monoisotopic (exact) mass is 932 g/mol. The molecule has 0 saturated heterocycles. The van der Waals surface area contributed by atoms with Gasteiger partial charge in [-0.1, -0.05) is 6.92 Å². The van der Waals surface area contributed by atoms with Gasteiger partial charge in [0, 0.05) is 0 Å². The summed E-state index contributed by atoms with van der Waals surface area (Å²) < 4.78 is 21.8. The second kappa shape index (κ2) is 26.3. The first kappa shape index (κ1) is 52.9. The molecule has 0 fully saturated rings. The number of carbonyl (C=O) groups excluding carboxylic acids is 2. The largest absolute Gasteiger partial charge is 1.00 e. The normalized spacial score (nSPS) is 11.7. The van der Waals surface area contributed by atoms with Crippen LogP contribution in [-0.4, -0.2) is 92.7 Å². The van der Waals surface area contributed by atoms with Crippen molar-refractivity contribution in [3.05, 3.63) is 95.9 Å². The van der Waals surface area contributed by atoms with Gasteiger partial charge in [0.25, 0.3) is 6.47 Å².